The maximum atomic E-state index is 12.5. The average molecular weight is 331 g/mol. The lowest BCUT2D eigenvalue weighted by atomic mass is 10.0. The Balaban J connectivity index is 1.83. The Morgan fingerprint density at radius 1 is 1.00 bits per heavy atom. The standard InChI is InChI=1S/C21H21N3O/c1-14(2)15-8-10-17(11-9-15)21(25)24-19-12-18(13-23-20(19)22)16-6-4-3-5-7-16/h3-14H,1-2H3,(H2,22,23)(H,24,25). The smallest absolute Gasteiger partial charge is 0.255 e. The van der Waals surface area contributed by atoms with Crippen molar-refractivity contribution in [2.45, 2.75) is 19.8 Å². The van der Waals surface area contributed by atoms with E-state index in [1.54, 1.807) is 6.20 Å². The third-order valence-corrected chi connectivity index (χ3v) is 4.11. The summed E-state index contributed by atoms with van der Waals surface area (Å²) in [5, 5.41) is 2.86. The van der Waals surface area contributed by atoms with Crippen LogP contribution in [0.25, 0.3) is 11.1 Å². The minimum absolute atomic E-state index is 0.200. The van der Waals surface area contributed by atoms with Crippen LogP contribution >= 0.6 is 0 Å². The summed E-state index contributed by atoms with van der Waals surface area (Å²) in [6.07, 6.45) is 1.71. The molecule has 2 aromatic carbocycles. The van der Waals surface area contributed by atoms with Gasteiger partial charge in [-0.1, -0.05) is 56.3 Å². The van der Waals surface area contributed by atoms with Gasteiger partial charge in [0.2, 0.25) is 0 Å². The number of anilines is 2. The molecule has 0 unspecified atom stereocenters. The van der Waals surface area contributed by atoms with Crippen LogP contribution in [0.5, 0.6) is 0 Å². The molecule has 0 saturated heterocycles. The van der Waals surface area contributed by atoms with E-state index in [0.717, 1.165) is 11.1 Å². The Bertz CT molecular complexity index is 871. The van der Waals surface area contributed by atoms with Gasteiger partial charge in [-0.05, 0) is 35.2 Å². The number of carbonyl (C=O) groups excluding carboxylic acids is 1. The monoisotopic (exact) mass is 331 g/mol. The van der Waals surface area contributed by atoms with Crippen LogP contribution in [0, 0.1) is 0 Å². The van der Waals surface area contributed by atoms with Crippen molar-refractivity contribution < 1.29 is 4.79 Å². The molecule has 3 N–H and O–H groups in total. The minimum Gasteiger partial charge on any atom is -0.382 e. The van der Waals surface area contributed by atoms with E-state index in [1.807, 2.05) is 60.7 Å². The normalized spacial score (nSPS) is 10.7. The van der Waals surface area contributed by atoms with Gasteiger partial charge in [0.1, 0.15) is 5.82 Å². The Hall–Kier alpha value is -3.14. The first-order valence-corrected chi connectivity index (χ1v) is 8.27. The molecule has 25 heavy (non-hydrogen) atoms. The fourth-order valence-corrected chi connectivity index (χ4v) is 2.58. The average Bonchev–Trinajstić information content (AvgIpc) is 2.64. The van der Waals surface area contributed by atoms with E-state index in [-0.39, 0.29) is 5.91 Å². The first-order chi connectivity index (χ1) is 12.0. The molecule has 1 heterocycles. The summed E-state index contributed by atoms with van der Waals surface area (Å²) in [7, 11) is 0. The van der Waals surface area contributed by atoms with Crippen LogP contribution in [0.1, 0.15) is 35.7 Å². The Kier molecular flexibility index (Phi) is 4.80. The van der Waals surface area contributed by atoms with E-state index in [4.69, 9.17) is 5.73 Å². The lowest BCUT2D eigenvalue weighted by Gasteiger charge is -2.11. The number of amides is 1. The Morgan fingerprint density at radius 3 is 2.32 bits per heavy atom. The van der Waals surface area contributed by atoms with Crippen LogP contribution in [-0.4, -0.2) is 10.9 Å². The van der Waals surface area contributed by atoms with E-state index in [1.165, 1.54) is 5.56 Å². The highest BCUT2D eigenvalue weighted by Gasteiger charge is 2.11. The van der Waals surface area contributed by atoms with Gasteiger partial charge in [-0.2, -0.15) is 0 Å². The second-order valence-corrected chi connectivity index (χ2v) is 6.25. The van der Waals surface area contributed by atoms with E-state index >= 15 is 0 Å². The molecule has 0 radical (unpaired) electrons. The molecule has 1 amide bonds. The van der Waals surface area contributed by atoms with Crippen LogP contribution in [0.2, 0.25) is 0 Å². The zero-order valence-corrected chi connectivity index (χ0v) is 14.4. The number of pyridine rings is 1. The second-order valence-electron chi connectivity index (χ2n) is 6.25. The molecule has 126 valence electrons. The van der Waals surface area contributed by atoms with Crippen molar-refractivity contribution in [3.63, 3.8) is 0 Å². The van der Waals surface area contributed by atoms with Crippen LogP contribution in [0.4, 0.5) is 11.5 Å². The molecule has 3 aromatic rings. The fraction of sp³-hybridized carbons (Fsp3) is 0.143. The molecule has 1 aromatic heterocycles. The molecular formula is C21H21N3O. The first-order valence-electron chi connectivity index (χ1n) is 8.27. The van der Waals surface area contributed by atoms with Crippen molar-refractivity contribution >= 4 is 17.4 Å². The van der Waals surface area contributed by atoms with Crippen LogP contribution in [-0.2, 0) is 0 Å². The highest BCUT2D eigenvalue weighted by atomic mass is 16.1. The van der Waals surface area contributed by atoms with Gasteiger partial charge in [-0.25, -0.2) is 4.98 Å². The molecule has 0 spiro atoms. The van der Waals surface area contributed by atoms with Crippen LogP contribution < -0.4 is 11.1 Å². The third kappa shape index (κ3) is 3.86. The van der Waals surface area contributed by atoms with Gasteiger partial charge >= 0.3 is 0 Å². The van der Waals surface area contributed by atoms with Crippen molar-refractivity contribution in [2.75, 3.05) is 11.1 Å². The number of hydrogen-bond acceptors (Lipinski definition) is 3. The van der Waals surface area contributed by atoms with Gasteiger partial charge in [0.05, 0.1) is 5.69 Å². The molecule has 4 nitrogen and oxygen atoms in total. The summed E-state index contributed by atoms with van der Waals surface area (Å²) in [5.74, 6) is 0.528. The fourth-order valence-electron chi connectivity index (χ4n) is 2.58. The van der Waals surface area contributed by atoms with Gasteiger partial charge in [0.25, 0.3) is 5.91 Å². The molecule has 4 heteroatoms. The van der Waals surface area contributed by atoms with E-state index in [0.29, 0.717) is 23.0 Å². The number of hydrogen-bond donors (Lipinski definition) is 2. The van der Waals surface area contributed by atoms with Gasteiger partial charge in [0, 0.05) is 17.3 Å². The van der Waals surface area contributed by atoms with Crippen molar-refractivity contribution in [3.8, 4) is 11.1 Å². The van der Waals surface area contributed by atoms with Gasteiger partial charge in [-0.15, -0.1) is 0 Å². The number of nitrogens with two attached hydrogens (primary N) is 1. The maximum absolute atomic E-state index is 12.5. The number of nitrogens with zero attached hydrogens (tertiary/aromatic N) is 1. The molecular weight excluding hydrogens is 310 g/mol. The van der Waals surface area contributed by atoms with Crippen LogP contribution in [0.15, 0.2) is 66.9 Å². The van der Waals surface area contributed by atoms with Gasteiger partial charge in [-0.3, -0.25) is 4.79 Å². The largest absolute Gasteiger partial charge is 0.382 e. The quantitative estimate of drug-likeness (QED) is 0.727. The summed E-state index contributed by atoms with van der Waals surface area (Å²) in [4.78, 5) is 16.7. The van der Waals surface area contributed by atoms with Crippen molar-refractivity contribution in [1.29, 1.82) is 0 Å². The number of rotatable bonds is 4. The maximum Gasteiger partial charge on any atom is 0.255 e. The molecule has 0 atom stereocenters. The molecule has 0 saturated carbocycles. The van der Waals surface area contributed by atoms with Crippen molar-refractivity contribution in [3.05, 3.63) is 78.0 Å². The zero-order chi connectivity index (χ0) is 17.8. The molecule has 3 rings (SSSR count). The topological polar surface area (TPSA) is 68.0 Å². The number of benzene rings is 2. The van der Waals surface area contributed by atoms with E-state index in [2.05, 4.69) is 24.1 Å². The Labute approximate surface area is 147 Å². The first kappa shape index (κ1) is 16.7. The molecule has 0 aliphatic carbocycles. The summed E-state index contributed by atoms with van der Waals surface area (Å²) in [5.41, 5.74) is 10.2. The number of carbonyl (C=O) groups is 1. The predicted octanol–water partition coefficient (Wildman–Crippen LogP) is 4.71. The lowest BCUT2D eigenvalue weighted by molar-refractivity contribution is 0.102. The zero-order valence-electron chi connectivity index (χ0n) is 14.4. The number of aromatic nitrogens is 1. The minimum atomic E-state index is -0.200. The molecule has 0 fully saturated rings. The summed E-state index contributed by atoms with van der Waals surface area (Å²) >= 11 is 0. The van der Waals surface area contributed by atoms with Gasteiger partial charge < -0.3 is 11.1 Å². The number of nitrogens with one attached hydrogen (secondary N) is 1. The molecule has 0 aliphatic rings. The van der Waals surface area contributed by atoms with Crippen molar-refractivity contribution in [1.82, 2.24) is 4.98 Å². The molecule has 0 bridgehead atoms. The van der Waals surface area contributed by atoms with Gasteiger partial charge in [0.15, 0.2) is 0 Å². The third-order valence-electron chi connectivity index (χ3n) is 4.11. The Morgan fingerprint density at radius 2 is 1.68 bits per heavy atom. The van der Waals surface area contributed by atoms with Crippen LogP contribution in [0.3, 0.4) is 0 Å². The predicted molar refractivity (Wildman–Crippen MR) is 103 cm³/mol. The number of nitrogen functional groups attached to an aromatic ring is 1. The summed E-state index contributed by atoms with van der Waals surface area (Å²) in [6.45, 7) is 4.24. The highest BCUT2D eigenvalue weighted by molar-refractivity contribution is 6.05. The van der Waals surface area contributed by atoms with E-state index < -0.39 is 0 Å². The highest BCUT2D eigenvalue weighted by Crippen LogP contribution is 2.25. The second kappa shape index (κ2) is 7.18. The van der Waals surface area contributed by atoms with E-state index in [9.17, 15) is 4.79 Å². The summed E-state index contributed by atoms with van der Waals surface area (Å²) in [6, 6.07) is 19.3. The van der Waals surface area contributed by atoms with Crippen molar-refractivity contribution in [2.24, 2.45) is 0 Å². The lowest BCUT2D eigenvalue weighted by Crippen LogP contribution is -2.14. The molecule has 0 aliphatic heterocycles. The SMILES string of the molecule is CC(C)c1ccc(C(=O)Nc2cc(-c3ccccc3)cnc2N)cc1. The summed E-state index contributed by atoms with van der Waals surface area (Å²) < 4.78 is 0.